The molecule has 1 amide bonds. The van der Waals surface area contributed by atoms with E-state index in [1.165, 1.54) is 0 Å². The van der Waals surface area contributed by atoms with Crippen molar-refractivity contribution in [2.75, 3.05) is 24.8 Å². The van der Waals surface area contributed by atoms with E-state index >= 15 is 0 Å². The molecule has 17 heavy (non-hydrogen) atoms. The topological polar surface area (TPSA) is 49.8 Å². The zero-order chi connectivity index (χ0) is 12.9. The van der Waals surface area contributed by atoms with Crippen LogP contribution < -0.4 is 0 Å². The minimum Gasteiger partial charge on any atom is -0.444 e. The highest BCUT2D eigenvalue weighted by Crippen LogP contribution is 2.22. The lowest BCUT2D eigenvalue weighted by molar-refractivity contribution is 0.0191. The summed E-state index contributed by atoms with van der Waals surface area (Å²) in [5.74, 6) is 1.79. The van der Waals surface area contributed by atoms with Crippen LogP contribution in [0.1, 0.15) is 33.6 Å². The average Bonchev–Trinajstić information content (AvgIpc) is 2.24. The maximum atomic E-state index is 11.8. The second-order valence-electron chi connectivity index (χ2n) is 5.41. The third-order valence-electron chi connectivity index (χ3n) is 2.71. The normalized spacial score (nSPS) is 18.2. The third kappa shape index (κ3) is 5.64. The summed E-state index contributed by atoms with van der Waals surface area (Å²) < 4.78 is 5.34. The van der Waals surface area contributed by atoms with E-state index in [2.05, 4.69) is 0 Å². The van der Waals surface area contributed by atoms with Crippen LogP contribution in [0.5, 0.6) is 0 Å². The highest BCUT2D eigenvalue weighted by atomic mass is 32.2. The molecule has 1 N–H and O–H groups in total. The van der Waals surface area contributed by atoms with Gasteiger partial charge in [-0.3, -0.25) is 0 Å². The van der Waals surface area contributed by atoms with Crippen molar-refractivity contribution < 1.29 is 14.6 Å². The molecule has 4 nitrogen and oxygen atoms in total. The Balaban J connectivity index is 2.29. The van der Waals surface area contributed by atoms with Gasteiger partial charge >= 0.3 is 6.09 Å². The molecule has 0 bridgehead atoms. The van der Waals surface area contributed by atoms with Crippen LogP contribution in [0.4, 0.5) is 4.79 Å². The van der Waals surface area contributed by atoms with E-state index in [4.69, 9.17) is 9.84 Å². The quantitative estimate of drug-likeness (QED) is 0.792. The molecule has 0 aliphatic carbocycles. The number of ether oxygens (including phenoxy) is 1. The first-order valence-corrected chi connectivity index (χ1v) is 7.24. The van der Waals surface area contributed by atoms with Crippen LogP contribution in [0.15, 0.2) is 0 Å². The lowest BCUT2D eigenvalue weighted by Crippen LogP contribution is -2.42. The van der Waals surface area contributed by atoms with E-state index < -0.39 is 5.60 Å². The smallest absolute Gasteiger partial charge is 0.410 e. The van der Waals surface area contributed by atoms with E-state index in [1.807, 2.05) is 20.8 Å². The van der Waals surface area contributed by atoms with Gasteiger partial charge in [-0.05, 0) is 45.3 Å². The summed E-state index contributed by atoms with van der Waals surface area (Å²) in [6, 6.07) is 0. The van der Waals surface area contributed by atoms with Gasteiger partial charge in [0.2, 0.25) is 0 Å². The van der Waals surface area contributed by atoms with Crippen molar-refractivity contribution in [2.45, 2.75) is 39.2 Å². The number of piperidine rings is 1. The van der Waals surface area contributed by atoms with Gasteiger partial charge in [-0.15, -0.1) is 11.8 Å². The lowest BCUT2D eigenvalue weighted by atomic mass is 9.99. The van der Waals surface area contributed by atoms with Crippen molar-refractivity contribution in [1.82, 2.24) is 4.90 Å². The van der Waals surface area contributed by atoms with Crippen LogP contribution in [0.2, 0.25) is 0 Å². The minimum atomic E-state index is -0.416. The van der Waals surface area contributed by atoms with Crippen LogP contribution in [-0.4, -0.2) is 46.5 Å². The Morgan fingerprint density at radius 3 is 2.47 bits per heavy atom. The Bertz CT molecular complexity index is 245. The predicted molar refractivity (Wildman–Crippen MR) is 70.1 cm³/mol. The molecule has 1 saturated heterocycles. The summed E-state index contributed by atoms with van der Waals surface area (Å²) in [7, 11) is 0. The van der Waals surface area contributed by atoms with E-state index in [1.54, 1.807) is 16.7 Å². The Morgan fingerprint density at radius 1 is 1.41 bits per heavy atom. The predicted octanol–water partition coefficient (Wildman–Crippen LogP) is 2.32. The van der Waals surface area contributed by atoms with Crippen LogP contribution >= 0.6 is 11.8 Å². The Morgan fingerprint density at radius 2 is 2.00 bits per heavy atom. The fourth-order valence-electron chi connectivity index (χ4n) is 1.83. The number of hydrogen-bond acceptors (Lipinski definition) is 4. The van der Waals surface area contributed by atoms with Crippen LogP contribution in [0.3, 0.4) is 0 Å². The molecule has 0 aromatic heterocycles. The number of rotatable bonds is 3. The van der Waals surface area contributed by atoms with Crippen molar-refractivity contribution in [3.8, 4) is 0 Å². The molecule has 1 aliphatic heterocycles. The SMILES string of the molecule is CC(C)(C)OC(=O)N1CCC(CSCO)CC1. The number of amides is 1. The second-order valence-corrected chi connectivity index (χ2v) is 6.41. The molecule has 0 atom stereocenters. The van der Waals surface area contributed by atoms with Gasteiger partial charge in [0.1, 0.15) is 5.60 Å². The average molecular weight is 261 g/mol. The second kappa shape index (κ2) is 6.50. The Kier molecular flexibility index (Phi) is 5.59. The molecule has 0 spiro atoms. The number of carbonyl (C=O) groups excluding carboxylic acids is 1. The number of aliphatic hydroxyl groups is 1. The summed E-state index contributed by atoms with van der Waals surface area (Å²) in [5.41, 5.74) is -0.416. The van der Waals surface area contributed by atoms with E-state index in [9.17, 15) is 4.79 Å². The zero-order valence-corrected chi connectivity index (χ0v) is 11.8. The molecule has 0 aromatic rings. The summed E-state index contributed by atoms with van der Waals surface area (Å²) in [6.07, 6.45) is 1.81. The third-order valence-corrected chi connectivity index (χ3v) is 3.60. The first-order chi connectivity index (χ1) is 7.92. The molecule has 0 unspecified atom stereocenters. The molecule has 0 aromatic carbocycles. The van der Waals surface area contributed by atoms with Crippen molar-refractivity contribution in [3.05, 3.63) is 0 Å². The number of thioether (sulfide) groups is 1. The van der Waals surface area contributed by atoms with Crippen LogP contribution in [0, 0.1) is 5.92 Å². The first kappa shape index (κ1) is 14.6. The fraction of sp³-hybridized carbons (Fsp3) is 0.917. The number of likely N-dealkylation sites (tertiary alicyclic amines) is 1. The van der Waals surface area contributed by atoms with Gasteiger partial charge in [-0.25, -0.2) is 4.79 Å². The van der Waals surface area contributed by atoms with Crippen molar-refractivity contribution in [2.24, 2.45) is 5.92 Å². The Hall–Kier alpha value is -0.420. The van der Waals surface area contributed by atoms with E-state index in [0.717, 1.165) is 31.7 Å². The van der Waals surface area contributed by atoms with Crippen LogP contribution in [-0.2, 0) is 4.74 Å². The van der Waals surface area contributed by atoms with Gasteiger partial charge in [0.25, 0.3) is 0 Å². The lowest BCUT2D eigenvalue weighted by Gasteiger charge is -2.33. The standard InChI is InChI=1S/C12H23NO3S/c1-12(2,3)16-11(15)13-6-4-10(5-7-13)8-17-9-14/h10,14H,4-9H2,1-3H3. The largest absolute Gasteiger partial charge is 0.444 e. The number of aliphatic hydroxyl groups excluding tert-OH is 1. The van der Waals surface area contributed by atoms with Crippen molar-refractivity contribution in [1.29, 1.82) is 0 Å². The van der Waals surface area contributed by atoms with Gasteiger partial charge in [0.15, 0.2) is 0 Å². The highest BCUT2D eigenvalue weighted by Gasteiger charge is 2.26. The first-order valence-electron chi connectivity index (χ1n) is 6.09. The highest BCUT2D eigenvalue weighted by molar-refractivity contribution is 7.99. The van der Waals surface area contributed by atoms with Crippen LogP contribution in [0.25, 0.3) is 0 Å². The van der Waals surface area contributed by atoms with Gasteiger partial charge in [-0.1, -0.05) is 0 Å². The van der Waals surface area contributed by atoms with Gasteiger partial charge in [-0.2, -0.15) is 0 Å². The maximum Gasteiger partial charge on any atom is 0.410 e. The van der Waals surface area contributed by atoms with Crippen molar-refractivity contribution in [3.63, 3.8) is 0 Å². The summed E-state index contributed by atoms with van der Waals surface area (Å²) in [5, 5.41) is 8.74. The zero-order valence-electron chi connectivity index (χ0n) is 10.9. The molecule has 1 rings (SSSR count). The molecule has 100 valence electrons. The molecule has 0 saturated carbocycles. The molecule has 1 heterocycles. The number of carbonyl (C=O) groups is 1. The fourth-order valence-corrected chi connectivity index (χ4v) is 2.60. The van der Waals surface area contributed by atoms with E-state index in [-0.39, 0.29) is 12.0 Å². The number of hydrogen-bond donors (Lipinski definition) is 1. The van der Waals surface area contributed by atoms with Gasteiger partial charge in [0.05, 0.1) is 5.94 Å². The molecule has 1 aliphatic rings. The summed E-state index contributed by atoms with van der Waals surface area (Å²) >= 11 is 1.56. The number of nitrogens with zero attached hydrogens (tertiary/aromatic N) is 1. The molecule has 0 radical (unpaired) electrons. The summed E-state index contributed by atoms with van der Waals surface area (Å²) in [6.45, 7) is 7.19. The van der Waals surface area contributed by atoms with Crippen molar-refractivity contribution >= 4 is 17.9 Å². The molecule has 1 fully saturated rings. The molecular formula is C12H23NO3S. The maximum absolute atomic E-state index is 11.8. The summed E-state index contributed by atoms with van der Waals surface area (Å²) in [4.78, 5) is 13.6. The molecular weight excluding hydrogens is 238 g/mol. The van der Waals surface area contributed by atoms with Gasteiger partial charge in [0, 0.05) is 13.1 Å². The Labute approximate surface area is 108 Å². The van der Waals surface area contributed by atoms with Gasteiger partial charge < -0.3 is 14.7 Å². The monoisotopic (exact) mass is 261 g/mol. The van der Waals surface area contributed by atoms with E-state index in [0.29, 0.717) is 5.92 Å². The molecule has 5 heteroatoms. The minimum absolute atomic E-state index is 0.187.